The molecule has 2 N–H and O–H groups in total. The molecule has 0 aliphatic carbocycles. The van der Waals surface area contributed by atoms with Crippen LogP contribution >= 0.6 is 0 Å². The van der Waals surface area contributed by atoms with Gasteiger partial charge in [0.2, 0.25) is 0 Å². The third kappa shape index (κ3) is 2.70. The molecule has 0 amide bonds. The summed E-state index contributed by atoms with van der Waals surface area (Å²) in [6.45, 7) is 4.86. The summed E-state index contributed by atoms with van der Waals surface area (Å²) in [6, 6.07) is 2.26. The Labute approximate surface area is 94.3 Å². The van der Waals surface area contributed by atoms with Crippen molar-refractivity contribution >= 4 is 0 Å². The van der Waals surface area contributed by atoms with Gasteiger partial charge in [0.25, 0.3) is 0 Å². The van der Waals surface area contributed by atoms with Crippen molar-refractivity contribution in [3.63, 3.8) is 0 Å². The number of aryl methyl sites for hydroxylation is 1. The van der Waals surface area contributed by atoms with E-state index in [1.165, 1.54) is 0 Å². The fourth-order valence-corrected chi connectivity index (χ4v) is 1.54. The van der Waals surface area contributed by atoms with E-state index in [0.29, 0.717) is 6.04 Å². The predicted octanol–water partition coefficient (Wildman–Crippen LogP) is 1.60. The summed E-state index contributed by atoms with van der Waals surface area (Å²) in [5.74, 6) is 1.71. The van der Waals surface area contributed by atoms with E-state index in [4.69, 9.17) is 4.42 Å². The Morgan fingerprint density at radius 1 is 1.56 bits per heavy atom. The van der Waals surface area contributed by atoms with E-state index in [-0.39, 0.29) is 0 Å². The molecule has 0 fully saturated rings. The summed E-state index contributed by atoms with van der Waals surface area (Å²) in [6.07, 6.45) is 4.27. The molecule has 0 aromatic carbocycles. The number of nitrogens with zero attached hydrogens (tertiary/aromatic N) is 2. The van der Waals surface area contributed by atoms with Crippen molar-refractivity contribution in [2.24, 2.45) is 0 Å². The summed E-state index contributed by atoms with van der Waals surface area (Å²) in [4.78, 5) is 4.25. The van der Waals surface area contributed by atoms with Crippen molar-refractivity contribution in [1.82, 2.24) is 20.5 Å². The van der Waals surface area contributed by atoms with Crippen LogP contribution in [0.2, 0.25) is 0 Å². The van der Waals surface area contributed by atoms with Crippen LogP contribution in [0.5, 0.6) is 0 Å². The molecule has 0 saturated heterocycles. The molecule has 1 unspecified atom stereocenters. The Kier molecular flexibility index (Phi) is 3.36. The summed E-state index contributed by atoms with van der Waals surface area (Å²) < 4.78 is 5.03. The number of rotatable bonds is 5. The van der Waals surface area contributed by atoms with Gasteiger partial charge in [0.1, 0.15) is 5.82 Å². The van der Waals surface area contributed by atoms with Crippen molar-refractivity contribution in [2.75, 3.05) is 6.54 Å². The van der Waals surface area contributed by atoms with Crippen LogP contribution in [0.4, 0.5) is 0 Å². The molecule has 0 radical (unpaired) electrons. The Bertz CT molecular complexity index is 421. The molecule has 1 atom stereocenters. The fraction of sp³-hybridized carbons (Fsp3) is 0.455. The maximum absolute atomic E-state index is 5.03. The highest BCUT2D eigenvalue weighted by Gasteiger charge is 2.06. The van der Waals surface area contributed by atoms with Crippen molar-refractivity contribution in [1.29, 1.82) is 0 Å². The van der Waals surface area contributed by atoms with E-state index < -0.39 is 0 Å². The minimum Gasteiger partial charge on any atom is -0.472 e. The number of furan rings is 1. The topological polar surface area (TPSA) is 66.7 Å². The van der Waals surface area contributed by atoms with Crippen LogP contribution in [0.1, 0.15) is 30.2 Å². The van der Waals surface area contributed by atoms with Crippen molar-refractivity contribution in [2.45, 2.75) is 26.3 Å². The first-order chi connectivity index (χ1) is 7.75. The average molecular weight is 220 g/mol. The molecule has 16 heavy (non-hydrogen) atoms. The van der Waals surface area contributed by atoms with Gasteiger partial charge >= 0.3 is 0 Å². The second kappa shape index (κ2) is 4.94. The molecule has 0 aliphatic heterocycles. The zero-order chi connectivity index (χ0) is 11.4. The second-order valence-electron chi connectivity index (χ2n) is 3.82. The maximum atomic E-state index is 5.03. The lowest BCUT2D eigenvalue weighted by Crippen LogP contribution is -2.21. The molecule has 0 bridgehead atoms. The SMILES string of the molecule is Cc1nc(CCNC(C)c2ccoc2)n[nH]1. The van der Waals surface area contributed by atoms with Crippen LogP contribution in [0, 0.1) is 6.92 Å². The molecule has 5 heteroatoms. The Balaban J connectivity index is 1.76. The highest BCUT2D eigenvalue weighted by atomic mass is 16.3. The third-order valence-electron chi connectivity index (χ3n) is 2.49. The number of aromatic nitrogens is 3. The van der Waals surface area contributed by atoms with Gasteiger partial charge in [-0.2, -0.15) is 5.10 Å². The molecule has 5 nitrogen and oxygen atoms in total. The molecule has 2 aromatic rings. The second-order valence-corrected chi connectivity index (χ2v) is 3.82. The van der Waals surface area contributed by atoms with Gasteiger partial charge < -0.3 is 9.73 Å². The van der Waals surface area contributed by atoms with Gasteiger partial charge in [-0.15, -0.1) is 0 Å². The minimum absolute atomic E-state index is 0.291. The van der Waals surface area contributed by atoms with Crippen LogP contribution in [0.25, 0.3) is 0 Å². The van der Waals surface area contributed by atoms with Gasteiger partial charge in [0.05, 0.1) is 12.5 Å². The molecular formula is C11H16N4O. The van der Waals surface area contributed by atoms with Crippen molar-refractivity contribution in [3.05, 3.63) is 35.8 Å². The highest BCUT2D eigenvalue weighted by Crippen LogP contribution is 2.11. The van der Waals surface area contributed by atoms with Crippen LogP contribution in [0.3, 0.4) is 0 Å². The van der Waals surface area contributed by atoms with E-state index in [0.717, 1.165) is 30.2 Å². The maximum Gasteiger partial charge on any atom is 0.151 e. The van der Waals surface area contributed by atoms with Crippen LogP contribution in [-0.2, 0) is 6.42 Å². The van der Waals surface area contributed by atoms with E-state index in [9.17, 15) is 0 Å². The van der Waals surface area contributed by atoms with Crippen molar-refractivity contribution in [3.8, 4) is 0 Å². The Hall–Kier alpha value is -1.62. The summed E-state index contributed by atoms with van der Waals surface area (Å²) in [5, 5.41) is 10.3. The summed E-state index contributed by atoms with van der Waals surface area (Å²) in [7, 11) is 0. The standard InChI is InChI=1S/C11H16N4O/c1-8(10-4-6-16-7-10)12-5-3-11-13-9(2)14-15-11/h4,6-8,12H,3,5H2,1-2H3,(H,13,14,15). The molecule has 0 spiro atoms. The van der Waals surface area contributed by atoms with E-state index in [1.807, 2.05) is 13.0 Å². The van der Waals surface area contributed by atoms with E-state index in [2.05, 4.69) is 27.4 Å². The van der Waals surface area contributed by atoms with Crippen molar-refractivity contribution < 1.29 is 4.42 Å². The predicted molar refractivity (Wildman–Crippen MR) is 59.9 cm³/mol. The number of hydrogen-bond acceptors (Lipinski definition) is 4. The lowest BCUT2D eigenvalue weighted by Gasteiger charge is -2.10. The Morgan fingerprint density at radius 3 is 3.06 bits per heavy atom. The monoisotopic (exact) mass is 220 g/mol. The summed E-state index contributed by atoms with van der Waals surface area (Å²) >= 11 is 0. The zero-order valence-electron chi connectivity index (χ0n) is 9.53. The lowest BCUT2D eigenvalue weighted by atomic mass is 10.2. The average Bonchev–Trinajstić information content (AvgIpc) is 2.89. The van der Waals surface area contributed by atoms with E-state index >= 15 is 0 Å². The van der Waals surface area contributed by atoms with Gasteiger partial charge in [0.15, 0.2) is 5.82 Å². The molecule has 86 valence electrons. The van der Waals surface area contributed by atoms with Crippen LogP contribution in [-0.4, -0.2) is 21.7 Å². The molecule has 2 aromatic heterocycles. The number of aromatic amines is 1. The number of nitrogens with one attached hydrogen (secondary N) is 2. The van der Waals surface area contributed by atoms with Crippen LogP contribution in [0.15, 0.2) is 23.0 Å². The molecular weight excluding hydrogens is 204 g/mol. The number of H-pyrrole nitrogens is 1. The first-order valence-corrected chi connectivity index (χ1v) is 5.39. The van der Waals surface area contributed by atoms with Gasteiger partial charge in [-0.25, -0.2) is 4.98 Å². The van der Waals surface area contributed by atoms with E-state index in [1.54, 1.807) is 12.5 Å². The van der Waals surface area contributed by atoms with Gasteiger partial charge in [-0.1, -0.05) is 0 Å². The van der Waals surface area contributed by atoms with Crippen LogP contribution < -0.4 is 5.32 Å². The molecule has 0 saturated carbocycles. The molecule has 2 heterocycles. The molecule has 2 rings (SSSR count). The normalized spacial score (nSPS) is 12.9. The third-order valence-corrected chi connectivity index (χ3v) is 2.49. The lowest BCUT2D eigenvalue weighted by molar-refractivity contribution is 0.538. The largest absolute Gasteiger partial charge is 0.472 e. The quantitative estimate of drug-likeness (QED) is 0.803. The first-order valence-electron chi connectivity index (χ1n) is 5.39. The van der Waals surface area contributed by atoms with Gasteiger partial charge in [-0.05, 0) is 19.9 Å². The highest BCUT2D eigenvalue weighted by molar-refractivity contribution is 5.10. The van der Waals surface area contributed by atoms with Gasteiger partial charge in [0, 0.05) is 24.6 Å². The smallest absolute Gasteiger partial charge is 0.151 e. The molecule has 0 aliphatic rings. The minimum atomic E-state index is 0.291. The first kappa shape index (κ1) is 10.9. The number of hydrogen-bond donors (Lipinski definition) is 2. The fourth-order valence-electron chi connectivity index (χ4n) is 1.54. The Morgan fingerprint density at radius 2 is 2.44 bits per heavy atom. The zero-order valence-corrected chi connectivity index (χ0v) is 9.53. The van der Waals surface area contributed by atoms with Gasteiger partial charge in [-0.3, -0.25) is 5.10 Å². The summed E-state index contributed by atoms with van der Waals surface area (Å²) in [5.41, 5.74) is 1.16.